The maximum atomic E-state index is 12.1. The maximum absolute atomic E-state index is 12.1. The van der Waals surface area contributed by atoms with Gasteiger partial charge in [-0.1, -0.05) is 36.4 Å². The van der Waals surface area contributed by atoms with E-state index in [2.05, 4.69) is 9.47 Å². The van der Waals surface area contributed by atoms with Crippen molar-refractivity contribution < 1.29 is 45.4 Å². The molecule has 0 spiro atoms. The molecule has 0 saturated heterocycles. The van der Waals surface area contributed by atoms with Crippen molar-refractivity contribution in [2.45, 2.75) is 42.1 Å². The maximum Gasteiger partial charge on any atom is 0.434 e. The van der Waals surface area contributed by atoms with E-state index in [0.717, 1.165) is 0 Å². The van der Waals surface area contributed by atoms with Crippen molar-refractivity contribution in [2.75, 3.05) is 6.61 Å². The first kappa shape index (κ1) is 20.2. The van der Waals surface area contributed by atoms with Crippen LogP contribution in [0.2, 0.25) is 0 Å². The first-order valence-corrected chi connectivity index (χ1v) is 6.38. The van der Waals surface area contributed by atoms with Crippen LogP contribution in [0.15, 0.2) is 0 Å². The summed E-state index contributed by atoms with van der Waals surface area (Å²) in [5.74, 6) is -2.88. The molecule has 0 radical (unpaired) electrons. The number of halogens is 7. The van der Waals surface area contributed by atoms with Crippen LogP contribution in [0.4, 0.5) is 26.3 Å². The number of carbonyl (C=O) groups excluding carboxylic acids is 2. The summed E-state index contributed by atoms with van der Waals surface area (Å²) in [4.78, 5) is 22.1. The van der Waals surface area contributed by atoms with E-state index < -0.39 is 40.4 Å². The number of alkyl halides is 7. The van der Waals surface area contributed by atoms with Crippen molar-refractivity contribution in [1.82, 2.24) is 0 Å². The molecule has 11 heteroatoms. The van der Waals surface area contributed by atoms with Crippen molar-refractivity contribution in [3.05, 3.63) is 0 Å². The number of ether oxygens (including phenoxy) is 2. The number of esters is 2. The molecule has 0 aromatic heterocycles. The summed E-state index contributed by atoms with van der Waals surface area (Å²) in [7, 11) is 0. The predicted molar refractivity (Wildman–Crippen MR) is 65.7 cm³/mol. The molecule has 124 valence electrons. The van der Waals surface area contributed by atoms with Gasteiger partial charge in [-0.3, -0.25) is 4.79 Å². The summed E-state index contributed by atoms with van der Waals surface area (Å²) in [5, 5.41) is 0. The van der Waals surface area contributed by atoms with Gasteiger partial charge in [0.15, 0.2) is 6.61 Å². The Morgan fingerprint density at radius 2 is 1.43 bits per heavy atom. The van der Waals surface area contributed by atoms with Gasteiger partial charge in [-0.2, -0.15) is 26.3 Å². The first-order valence-electron chi connectivity index (χ1n) is 5.30. The fourth-order valence-corrected chi connectivity index (χ4v) is 1.33. The minimum Gasteiger partial charge on any atom is -0.454 e. The summed E-state index contributed by atoms with van der Waals surface area (Å²) >= 11 is 1.88. The zero-order valence-corrected chi connectivity index (χ0v) is 12.9. The minimum atomic E-state index is -5.80. The molecule has 0 aromatic rings. The summed E-state index contributed by atoms with van der Waals surface area (Å²) in [6.45, 7) is 1.95. The van der Waals surface area contributed by atoms with E-state index in [1.807, 2.05) is 22.6 Å². The molecule has 0 saturated carbocycles. The number of hydrogen-bond donors (Lipinski definition) is 0. The Kier molecular flexibility index (Phi) is 6.76. The Morgan fingerprint density at radius 1 is 1.00 bits per heavy atom. The van der Waals surface area contributed by atoms with E-state index >= 15 is 0 Å². The number of rotatable bonds is 5. The quantitative estimate of drug-likeness (QED) is 0.288. The molecule has 0 aliphatic rings. The Morgan fingerprint density at radius 3 is 1.76 bits per heavy atom. The molecule has 0 bridgehead atoms. The molecule has 0 unspecified atom stereocenters. The SMILES string of the molecule is CC(C)(I)CC(=O)OCC(=O)OC(C(F)(F)F)C(F)(F)F. The molecule has 0 heterocycles. The third-order valence-electron chi connectivity index (χ3n) is 1.76. The Labute approximate surface area is 129 Å². The number of carbonyl (C=O) groups is 2. The van der Waals surface area contributed by atoms with Gasteiger partial charge < -0.3 is 9.47 Å². The van der Waals surface area contributed by atoms with Crippen LogP contribution in [0, 0.1) is 0 Å². The molecule has 0 atom stereocenters. The molecule has 0 aromatic carbocycles. The van der Waals surface area contributed by atoms with E-state index in [-0.39, 0.29) is 6.42 Å². The van der Waals surface area contributed by atoms with Crippen LogP contribution >= 0.6 is 22.6 Å². The van der Waals surface area contributed by atoms with Crippen molar-refractivity contribution >= 4 is 34.5 Å². The summed E-state index contributed by atoms with van der Waals surface area (Å²) in [5.41, 5.74) is 0. The smallest absolute Gasteiger partial charge is 0.434 e. The average Bonchev–Trinajstić information content (AvgIpc) is 2.17. The second-order valence-corrected chi connectivity index (χ2v) is 7.43. The molecule has 0 aliphatic heterocycles. The lowest BCUT2D eigenvalue weighted by molar-refractivity contribution is -0.313. The van der Waals surface area contributed by atoms with Crippen LogP contribution in [-0.2, 0) is 19.1 Å². The lowest BCUT2D eigenvalue weighted by Crippen LogP contribution is -2.46. The zero-order valence-electron chi connectivity index (χ0n) is 10.8. The molecule has 0 rings (SSSR count). The lowest BCUT2D eigenvalue weighted by atomic mass is 10.1. The monoisotopic (exact) mass is 436 g/mol. The summed E-state index contributed by atoms with van der Waals surface area (Å²) in [6, 6.07) is 0. The standard InChI is InChI=1S/C10H11F6IO4/c1-8(2,17)3-5(18)20-4-6(19)21-7(9(11,12)13)10(14,15)16/h7H,3-4H2,1-2H3. The highest BCUT2D eigenvalue weighted by molar-refractivity contribution is 14.1. The Bertz CT molecular complexity index is 370. The normalized spacial score (nSPS) is 13.2. The van der Waals surface area contributed by atoms with Crippen LogP contribution in [0.3, 0.4) is 0 Å². The van der Waals surface area contributed by atoms with Crippen molar-refractivity contribution in [2.24, 2.45) is 0 Å². The third kappa shape index (κ3) is 8.98. The van der Waals surface area contributed by atoms with Crippen LogP contribution in [0.5, 0.6) is 0 Å². The second-order valence-electron chi connectivity index (χ2n) is 4.51. The summed E-state index contributed by atoms with van der Waals surface area (Å²) in [6.07, 6.45) is -16.0. The molecule has 0 aliphatic carbocycles. The van der Waals surface area contributed by atoms with Gasteiger partial charge >= 0.3 is 24.3 Å². The van der Waals surface area contributed by atoms with Gasteiger partial charge in [-0.05, 0) is 0 Å². The fourth-order valence-electron chi connectivity index (χ4n) is 1.02. The largest absolute Gasteiger partial charge is 0.454 e. The van der Waals surface area contributed by atoms with Gasteiger partial charge in [0, 0.05) is 3.42 Å². The lowest BCUT2D eigenvalue weighted by Gasteiger charge is -2.22. The van der Waals surface area contributed by atoms with E-state index in [0.29, 0.717) is 0 Å². The fraction of sp³-hybridized carbons (Fsp3) is 0.800. The van der Waals surface area contributed by atoms with Crippen molar-refractivity contribution in [3.63, 3.8) is 0 Å². The highest BCUT2D eigenvalue weighted by Crippen LogP contribution is 2.35. The van der Waals surface area contributed by atoms with E-state index in [4.69, 9.17) is 0 Å². The molecular formula is C10H11F6IO4. The van der Waals surface area contributed by atoms with Gasteiger partial charge in [-0.15, -0.1) is 0 Å². The third-order valence-corrected chi connectivity index (χ3v) is 2.14. The highest BCUT2D eigenvalue weighted by Gasteiger charge is 2.59. The van der Waals surface area contributed by atoms with Gasteiger partial charge in [0.2, 0.25) is 0 Å². The van der Waals surface area contributed by atoms with E-state index in [1.54, 1.807) is 13.8 Å². The van der Waals surface area contributed by atoms with Crippen molar-refractivity contribution in [3.8, 4) is 0 Å². The summed E-state index contributed by atoms with van der Waals surface area (Å²) < 4.78 is 79.6. The topological polar surface area (TPSA) is 52.6 Å². The Hall–Kier alpha value is -0.750. The average molecular weight is 436 g/mol. The molecule has 21 heavy (non-hydrogen) atoms. The number of hydrogen-bond acceptors (Lipinski definition) is 4. The van der Waals surface area contributed by atoms with Gasteiger partial charge in [0.25, 0.3) is 6.10 Å². The second kappa shape index (κ2) is 7.01. The first-order chi connectivity index (χ1) is 9.13. The van der Waals surface area contributed by atoms with E-state index in [9.17, 15) is 35.9 Å². The predicted octanol–water partition coefficient (Wildman–Crippen LogP) is 3.17. The highest BCUT2D eigenvalue weighted by atomic mass is 127. The Balaban J connectivity index is 4.51. The molecular weight excluding hydrogens is 425 g/mol. The van der Waals surface area contributed by atoms with Gasteiger partial charge in [-0.25, -0.2) is 4.79 Å². The minimum absolute atomic E-state index is 0.178. The molecule has 0 amide bonds. The molecule has 0 fully saturated rings. The van der Waals surface area contributed by atoms with Crippen LogP contribution in [-0.4, -0.2) is 40.4 Å². The van der Waals surface area contributed by atoms with Gasteiger partial charge in [0.1, 0.15) is 0 Å². The van der Waals surface area contributed by atoms with Crippen LogP contribution < -0.4 is 0 Å². The van der Waals surface area contributed by atoms with E-state index in [1.165, 1.54) is 0 Å². The molecule has 0 N–H and O–H groups in total. The molecule has 4 nitrogen and oxygen atoms in total. The van der Waals surface area contributed by atoms with Crippen molar-refractivity contribution in [1.29, 1.82) is 0 Å². The zero-order chi connectivity index (χ0) is 17.1. The van der Waals surface area contributed by atoms with Crippen LogP contribution in [0.25, 0.3) is 0 Å². The van der Waals surface area contributed by atoms with Gasteiger partial charge in [0.05, 0.1) is 6.42 Å². The van der Waals surface area contributed by atoms with Crippen LogP contribution in [0.1, 0.15) is 20.3 Å².